The van der Waals surface area contributed by atoms with E-state index in [1.165, 1.54) is 12.1 Å². The molecule has 1 aliphatic rings. The van der Waals surface area contributed by atoms with Gasteiger partial charge in [0.1, 0.15) is 0 Å². The summed E-state index contributed by atoms with van der Waals surface area (Å²) >= 11 is -2.37. The quantitative estimate of drug-likeness (QED) is 0.662. The Labute approximate surface area is 151 Å². The van der Waals surface area contributed by atoms with Crippen LogP contribution in [0.4, 0.5) is 0 Å². The van der Waals surface area contributed by atoms with Crippen molar-refractivity contribution in [3.05, 3.63) is 77.4 Å². The molecule has 0 aromatic heterocycles. The van der Waals surface area contributed by atoms with Crippen LogP contribution in [0.2, 0.25) is 0 Å². The molecule has 4 rings (SSSR count). The summed E-state index contributed by atoms with van der Waals surface area (Å²) in [5.41, 5.74) is 1.45. The molecule has 0 radical (unpaired) electrons. The summed E-state index contributed by atoms with van der Waals surface area (Å²) in [4.78, 5) is 24.5. The van der Waals surface area contributed by atoms with E-state index in [1.54, 1.807) is 18.2 Å². The molecule has 1 heterocycles. The van der Waals surface area contributed by atoms with Crippen LogP contribution >= 0.6 is 0 Å². The summed E-state index contributed by atoms with van der Waals surface area (Å²) < 4.78 is 22.6. The van der Waals surface area contributed by atoms with Gasteiger partial charge >= 0.3 is 11.4 Å². The summed E-state index contributed by atoms with van der Waals surface area (Å²) in [6, 6.07) is 17.3. The highest BCUT2D eigenvalue weighted by Crippen LogP contribution is 2.29. The third-order valence-corrected chi connectivity index (χ3v) is 4.74. The topological polar surface area (TPSA) is 72.9 Å². The van der Waals surface area contributed by atoms with Gasteiger partial charge in [0, 0.05) is 5.39 Å². The van der Waals surface area contributed by atoms with Crippen LogP contribution < -0.4 is 4.18 Å². The lowest BCUT2D eigenvalue weighted by molar-refractivity contribution is -0.0105. The van der Waals surface area contributed by atoms with Crippen molar-refractivity contribution in [3.63, 3.8) is 0 Å². The first-order valence-corrected chi connectivity index (χ1v) is 8.81. The SMILES string of the molecule is Cc1ccc(OS(=O)ON2C(=O)c3ccccc3C2=O)c2ccccc12. The van der Waals surface area contributed by atoms with Crippen molar-refractivity contribution in [3.8, 4) is 5.75 Å². The molecule has 0 spiro atoms. The fourth-order valence-electron chi connectivity index (χ4n) is 2.88. The van der Waals surface area contributed by atoms with E-state index in [2.05, 4.69) is 0 Å². The van der Waals surface area contributed by atoms with E-state index in [4.69, 9.17) is 8.47 Å². The molecule has 26 heavy (non-hydrogen) atoms. The molecule has 0 N–H and O–H groups in total. The van der Waals surface area contributed by atoms with Crippen molar-refractivity contribution in [2.45, 2.75) is 6.92 Å². The maximum Gasteiger partial charge on any atom is 0.383 e. The van der Waals surface area contributed by atoms with Crippen molar-refractivity contribution in [1.82, 2.24) is 5.06 Å². The Kier molecular flexibility index (Phi) is 4.02. The van der Waals surface area contributed by atoms with E-state index in [0.29, 0.717) is 10.8 Å². The fourth-order valence-corrected chi connectivity index (χ4v) is 3.46. The van der Waals surface area contributed by atoms with Gasteiger partial charge in [-0.05, 0) is 36.1 Å². The van der Waals surface area contributed by atoms with E-state index in [9.17, 15) is 13.8 Å². The molecule has 1 unspecified atom stereocenters. The first kappa shape index (κ1) is 16.4. The highest BCUT2D eigenvalue weighted by Gasteiger charge is 2.38. The average molecular weight is 367 g/mol. The third kappa shape index (κ3) is 2.67. The molecule has 0 saturated carbocycles. The van der Waals surface area contributed by atoms with Gasteiger partial charge in [-0.25, -0.2) is 0 Å². The maximum atomic E-state index is 12.3. The summed E-state index contributed by atoms with van der Waals surface area (Å²) in [6.07, 6.45) is 0. The van der Waals surface area contributed by atoms with E-state index in [0.717, 1.165) is 16.3 Å². The third-order valence-electron chi connectivity index (χ3n) is 4.15. The molecule has 3 aromatic carbocycles. The minimum Gasteiger partial charge on any atom is -0.378 e. The monoisotopic (exact) mass is 367 g/mol. The minimum atomic E-state index is -2.37. The second-order valence-electron chi connectivity index (χ2n) is 5.74. The van der Waals surface area contributed by atoms with Crippen LogP contribution in [0.25, 0.3) is 10.8 Å². The van der Waals surface area contributed by atoms with Crippen LogP contribution in [-0.4, -0.2) is 21.1 Å². The molecule has 7 heteroatoms. The highest BCUT2D eigenvalue weighted by molar-refractivity contribution is 7.75. The first-order chi connectivity index (χ1) is 12.6. The largest absolute Gasteiger partial charge is 0.383 e. The van der Waals surface area contributed by atoms with Crippen LogP contribution in [0.3, 0.4) is 0 Å². The van der Waals surface area contributed by atoms with Crippen LogP contribution in [0.5, 0.6) is 5.75 Å². The van der Waals surface area contributed by atoms with Crippen molar-refractivity contribution < 1.29 is 22.3 Å². The van der Waals surface area contributed by atoms with Crippen LogP contribution in [0.15, 0.2) is 60.7 Å². The number of hydrogen-bond donors (Lipinski definition) is 0. The van der Waals surface area contributed by atoms with Crippen molar-refractivity contribution in [1.29, 1.82) is 0 Å². The standard InChI is InChI=1S/C19H13NO5S/c1-12-10-11-17(14-7-3-2-6-13(12)14)24-26(23)25-20-18(21)15-8-4-5-9-16(15)19(20)22/h2-11H,1H3. The lowest BCUT2D eigenvalue weighted by Gasteiger charge is -2.13. The van der Waals surface area contributed by atoms with E-state index in [-0.39, 0.29) is 11.1 Å². The van der Waals surface area contributed by atoms with Gasteiger partial charge in [-0.2, -0.15) is 4.21 Å². The predicted molar refractivity (Wildman–Crippen MR) is 95.5 cm³/mol. The number of carbonyl (C=O) groups excluding carboxylic acids is 2. The molecule has 0 saturated heterocycles. The smallest absolute Gasteiger partial charge is 0.378 e. The molecule has 0 bridgehead atoms. The number of carbonyl (C=O) groups is 2. The second kappa shape index (κ2) is 6.36. The molecule has 130 valence electrons. The zero-order valence-corrected chi connectivity index (χ0v) is 14.5. The van der Waals surface area contributed by atoms with Crippen LogP contribution in [0, 0.1) is 6.92 Å². The molecular weight excluding hydrogens is 354 g/mol. The van der Waals surface area contributed by atoms with Gasteiger partial charge in [-0.15, -0.1) is 9.35 Å². The second-order valence-corrected chi connectivity index (χ2v) is 6.46. The van der Waals surface area contributed by atoms with Gasteiger partial charge in [0.25, 0.3) is 11.8 Å². The Morgan fingerprint density at radius 2 is 1.38 bits per heavy atom. The van der Waals surface area contributed by atoms with Gasteiger partial charge in [0.15, 0.2) is 5.75 Å². The van der Waals surface area contributed by atoms with E-state index >= 15 is 0 Å². The minimum absolute atomic E-state index is 0.204. The summed E-state index contributed by atoms with van der Waals surface area (Å²) in [6.45, 7) is 1.96. The number of benzene rings is 3. The Hall–Kier alpha value is -3.03. The zero-order chi connectivity index (χ0) is 18.3. The molecule has 2 amide bonds. The molecule has 0 fully saturated rings. The number of rotatable bonds is 4. The molecule has 0 aliphatic carbocycles. The van der Waals surface area contributed by atoms with Crippen LogP contribution in [0.1, 0.15) is 26.3 Å². The zero-order valence-electron chi connectivity index (χ0n) is 13.7. The number of fused-ring (bicyclic) bond motifs is 2. The highest BCUT2D eigenvalue weighted by atomic mass is 32.2. The Balaban J connectivity index is 1.57. The molecular formula is C19H13NO5S. The lowest BCUT2D eigenvalue weighted by Crippen LogP contribution is -2.31. The van der Waals surface area contributed by atoms with Crippen molar-refractivity contribution in [2.24, 2.45) is 0 Å². The normalized spacial score (nSPS) is 14.6. The van der Waals surface area contributed by atoms with Crippen molar-refractivity contribution >= 4 is 33.9 Å². The molecule has 3 aromatic rings. The molecule has 6 nitrogen and oxygen atoms in total. The van der Waals surface area contributed by atoms with E-state index in [1.807, 2.05) is 37.3 Å². The lowest BCUT2D eigenvalue weighted by atomic mass is 10.1. The van der Waals surface area contributed by atoms with Crippen LogP contribution in [-0.2, 0) is 15.6 Å². The van der Waals surface area contributed by atoms with Gasteiger partial charge < -0.3 is 4.18 Å². The number of imide groups is 1. The number of hydrogen-bond acceptors (Lipinski definition) is 5. The van der Waals surface area contributed by atoms with Gasteiger partial charge in [0.05, 0.1) is 11.1 Å². The maximum absolute atomic E-state index is 12.3. The summed E-state index contributed by atoms with van der Waals surface area (Å²) in [7, 11) is 0. The Morgan fingerprint density at radius 1 is 0.808 bits per heavy atom. The van der Waals surface area contributed by atoms with Crippen molar-refractivity contribution in [2.75, 3.05) is 0 Å². The van der Waals surface area contributed by atoms with Gasteiger partial charge in [-0.1, -0.05) is 42.5 Å². The summed E-state index contributed by atoms with van der Waals surface area (Å²) in [5.74, 6) is -1.01. The first-order valence-electron chi connectivity index (χ1n) is 7.81. The Bertz CT molecular complexity index is 1040. The number of aryl methyl sites for hydroxylation is 1. The fraction of sp³-hybridized carbons (Fsp3) is 0.0526. The number of nitrogens with zero attached hydrogens (tertiary/aromatic N) is 1. The van der Waals surface area contributed by atoms with E-state index < -0.39 is 23.2 Å². The molecule has 1 aliphatic heterocycles. The van der Waals surface area contributed by atoms with Gasteiger partial charge in [0.2, 0.25) is 0 Å². The predicted octanol–water partition coefficient (Wildman–Crippen LogP) is 3.33. The summed E-state index contributed by atoms with van der Waals surface area (Å²) in [5, 5.41) is 2.17. The van der Waals surface area contributed by atoms with Gasteiger partial charge in [-0.3, -0.25) is 9.59 Å². The average Bonchev–Trinajstić information content (AvgIpc) is 2.90. The Morgan fingerprint density at radius 3 is 2.04 bits per heavy atom. The molecule has 1 atom stereocenters. The number of amides is 2. The number of hydroxylamine groups is 2.